The van der Waals surface area contributed by atoms with Crippen molar-refractivity contribution in [3.05, 3.63) is 77.0 Å². The minimum absolute atomic E-state index is 0.0132. The Morgan fingerprint density at radius 1 is 0.885 bits per heavy atom. The lowest BCUT2D eigenvalue weighted by Gasteiger charge is -2.34. The maximum absolute atomic E-state index is 13.0. The van der Waals surface area contributed by atoms with Gasteiger partial charge in [0.1, 0.15) is 5.75 Å². The van der Waals surface area contributed by atoms with E-state index >= 15 is 0 Å². The molecule has 132 valence electrons. The third-order valence-electron chi connectivity index (χ3n) is 5.33. The summed E-state index contributed by atoms with van der Waals surface area (Å²) >= 11 is 0. The number of benzene rings is 2. The number of ether oxygens (including phenoxy) is 1. The minimum Gasteiger partial charge on any atom is -0.497 e. The van der Waals surface area contributed by atoms with E-state index in [1.165, 1.54) is 0 Å². The smallest absolute Gasteiger partial charge is 0.225 e. The van der Waals surface area contributed by atoms with Gasteiger partial charge in [0.15, 0.2) is 5.78 Å². The zero-order valence-corrected chi connectivity index (χ0v) is 14.7. The molecule has 1 aliphatic carbocycles. The molecule has 2 aromatic carbocycles. The van der Waals surface area contributed by atoms with Crippen molar-refractivity contribution < 1.29 is 14.3 Å². The first-order valence-corrected chi connectivity index (χ1v) is 8.90. The van der Waals surface area contributed by atoms with Gasteiger partial charge in [-0.25, -0.2) is 0 Å². The van der Waals surface area contributed by atoms with Gasteiger partial charge >= 0.3 is 0 Å². The first-order chi connectivity index (χ1) is 12.7. The largest absolute Gasteiger partial charge is 0.497 e. The molecule has 4 rings (SSSR count). The van der Waals surface area contributed by atoms with E-state index in [0.29, 0.717) is 19.3 Å². The Morgan fingerprint density at radius 2 is 1.62 bits per heavy atom. The van der Waals surface area contributed by atoms with E-state index in [2.05, 4.69) is 5.32 Å². The lowest BCUT2D eigenvalue weighted by Crippen LogP contribution is -2.38. The second kappa shape index (κ2) is 6.79. The van der Waals surface area contributed by atoms with Gasteiger partial charge in [-0.2, -0.15) is 0 Å². The molecule has 2 atom stereocenters. The van der Waals surface area contributed by atoms with E-state index in [-0.39, 0.29) is 23.5 Å². The normalized spacial score (nSPS) is 22.7. The summed E-state index contributed by atoms with van der Waals surface area (Å²) < 4.78 is 5.21. The number of amides is 1. The molecule has 1 aliphatic heterocycles. The fraction of sp³-hybridized carbons (Fsp3) is 0.273. The Balaban J connectivity index is 1.67. The molecule has 2 aromatic rings. The van der Waals surface area contributed by atoms with E-state index in [9.17, 15) is 9.59 Å². The molecule has 0 unspecified atom stereocenters. The third kappa shape index (κ3) is 3.03. The van der Waals surface area contributed by atoms with Crippen LogP contribution in [0.3, 0.4) is 0 Å². The van der Waals surface area contributed by atoms with Gasteiger partial charge in [0.05, 0.1) is 7.11 Å². The van der Waals surface area contributed by atoms with Gasteiger partial charge in [0.2, 0.25) is 5.91 Å². The highest BCUT2D eigenvalue weighted by atomic mass is 16.5. The summed E-state index contributed by atoms with van der Waals surface area (Å²) in [6, 6.07) is 17.7. The summed E-state index contributed by atoms with van der Waals surface area (Å²) in [6.07, 6.45) is 1.49. The van der Waals surface area contributed by atoms with Gasteiger partial charge < -0.3 is 10.1 Å². The lowest BCUT2D eigenvalue weighted by molar-refractivity contribution is -0.122. The molecular weight excluding hydrogens is 326 g/mol. The highest BCUT2D eigenvalue weighted by molar-refractivity contribution is 6.02. The van der Waals surface area contributed by atoms with Crippen LogP contribution >= 0.6 is 0 Å². The molecule has 0 saturated heterocycles. The van der Waals surface area contributed by atoms with Crippen molar-refractivity contribution in [1.82, 2.24) is 5.32 Å². The molecule has 0 spiro atoms. The van der Waals surface area contributed by atoms with E-state index < -0.39 is 0 Å². The molecule has 1 N–H and O–H groups in total. The van der Waals surface area contributed by atoms with Gasteiger partial charge in [-0.15, -0.1) is 0 Å². The van der Waals surface area contributed by atoms with Crippen LogP contribution in [0.2, 0.25) is 0 Å². The van der Waals surface area contributed by atoms with Crippen LogP contribution in [-0.2, 0) is 9.59 Å². The number of hydrogen-bond donors (Lipinski definition) is 1. The minimum atomic E-state index is -0.135. The number of rotatable bonds is 3. The van der Waals surface area contributed by atoms with Crippen molar-refractivity contribution in [3.63, 3.8) is 0 Å². The van der Waals surface area contributed by atoms with Crippen LogP contribution < -0.4 is 10.1 Å². The Kier molecular flexibility index (Phi) is 4.33. The van der Waals surface area contributed by atoms with Gasteiger partial charge in [-0.1, -0.05) is 42.5 Å². The molecule has 2 aliphatic rings. The summed E-state index contributed by atoms with van der Waals surface area (Å²) in [5.74, 6) is 0.874. The monoisotopic (exact) mass is 347 g/mol. The Labute approximate surface area is 152 Å². The van der Waals surface area contributed by atoms with Crippen LogP contribution in [0.5, 0.6) is 5.75 Å². The molecule has 0 radical (unpaired) electrons. The Hall–Kier alpha value is -2.88. The molecular formula is C22H21NO3. The number of ketones is 1. The average Bonchev–Trinajstić information content (AvgIpc) is 2.67. The number of allylic oxidation sites excluding steroid dienone is 2. The van der Waals surface area contributed by atoms with Crippen LogP contribution in [0.25, 0.3) is 0 Å². The van der Waals surface area contributed by atoms with Crippen LogP contribution in [0, 0.1) is 0 Å². The number of methoxy groups -OCH3 is 1. The van der Waals surface area contributed by atoms with Crippen LogP contribution in [0.15, 0.2) is 65.9 Å². The van der Waals surface area contributed by atoms with E-state index in [1.807, 2.05) is 54.6 Å². The number of nitrogens with one attached hydrogen (secondary N) is 1. The van der Waals surface area contributed by atoms with Crippen molar-refractivity contribution in [3.8, 4) is 5.75 Å². The molecule has 26 heavy (non-hydrogen) atoms. The molecule has 4 heteroatoms. The average molecular weight is 347 g/mol. The zero-order chi connectivity index (χ0) is 18.1. The van der Waals surface area contributed by atoms with Crippen molar-refractivity contribution in [1.29, 1.82) is 0 Å². The maximum atomic E-state index is 13.0. The summed E-state index contributed by atoms with van der Waals surface area (Å²) in [5.41, 5.74) is 3.72. The highest BCUT2D eigenvalue weighted by Gasteiger charge is 2.38. The van der Waals surface area contributed by atoms with Crippen molar-refractivity contribution in [2.24, 2.45) is 0 Å². The van der Waals surface area contributed by atoms with E-state index in [1.54, 1.807) is 7.11 Å². The van der Waals surface area contributed by atoms with Crippen molar-refractivity contribution >= 4 is 11.7 Å². The summed E-state index contributed by atoms with van der Waals surface area (Å²) in [6.45, 7) is 0. The van der Waals surface area contributed by atoms with Crippen molar-refractivity contribution in [2.45, 2.75) is 31.1 Å². The number of carbonyl (C=O) groups excluding carboxylic acids is 2. The fourth-order valence-corrected chi connectivity index (χ4v) is 4.04. The van der Waals surface area contributed by atoms with Gasteiger partial charge in [0.25, 0.3) is 0 Å². The summed E-state index contributed by atoms with van der Waals surface area (Å²) in [7, 11) is 1.64. The third-order valence-corrected chi connectivity index (χ3v) is 5.33. The molecule has 0 fully saturated rings. The Bertz CT molecular complexity index is 868. The van der Waals surface area contributed by atoms with Gasteiger partial charge in [0, 0.05) is 30.0 Å². The Morgan fingerprint density at radius 3 is 2.31 bits per heavy atom. The SMILES string of the molecule is COc1ccc([C@H]2CC(=O)C3=C(C2)NC(=O)C[C@H]3c2ccccc2)cc1. The van der Waals surface area contributed by atoms with Crippen LogP contribution in [-0.4, -0.2) is 18.8 Å². The summed E-state index contributed by atoms with van der Waals surface area (Å²) in [4.78, 5) is 25.3. The topological polar surface area (TPSA) is 55.4 Å². The van der Waals surface area contributed by atoms with Crippen molar-refractivity contribution in [2.75, 3.05) is 7.11 Å². The molecule has 1 heterocycles. The van der Waals surface area contributed by atoms with Gasteiger partial charge in [-0.05, 0) is 35.6 Å². The second-order valence-electron chi connectivity index (χ2n) is 6.91. The first kappa shape index (κ1) is 16.6. The second-order valence-corrected chi connectivity index (χ2v) is 6.91. The molecule has 4 nitrogen and oxygen atoms in total. The van der Waals surface area contributed by atoms with Gasteiger partial charge in [-0.3, -0.25) is 9.59 Å². The predicted octanol–water partition coefficient (Wildman–Crippen LogP) is 3.70. The zero-order valence-electron chi connectivity index (χ0n) is 14.7. The van der Waals surface area contributed by atoms with E-state index in [0.717, 1.165) is 28.1 Å². The van der Waals surface area contributed by atoms with E-state index in [4.69, 9.17) is 4.74 Å². The maximum Gasteiger partial charge on any atom is 0.225 e. The fourth-order valence-electron chi connectivity index (χ4n) is 4.04. The number of carbonyl (C=O) groups is 2. The number of Topliss-reactive ketones (excluding diaryl/α,β-unsaturated/α-hetero) is 1. The summed E-state index contributed by atoms with van der Waals surface area (Å²) in [5, 5.41) is 2.97. The molecule has 1 amide bonds. The molecule has 0 bridgehead atoms. The standard InChI is InChI=1S/C22H21NO3/c1-26-17-9-7-14(8-10-17)16-11-19-22(20(24)12-16)18(13-21(25)23-19)15-5-3-2-4-6-15/h2-10,16,18H,11-13H2,1H3,(H,23,25)/t16-,18+/m1/s1. The lowest BCUT2D eigenvalue weighted by atomic mass is 9.73. The van der Waals surface area contributed by atoms with Crippen LogP contribution in [0.4, 0.5) is 0 Å². The first-order valence-electron chi connectivity index (χ1n) is 8.90. The number of hydrogen-bond acceptors (Lipinski definition) is 3. The van der Waals surface area contributed by atoms with Crippen LogP contribution in [0.1, 0.15) is 42.2 Å². The highest BCUT2D eigenvalue weighted by Crippen LogP contribution is 2.42. The predicted molar refractivity (Wildman–Crippen MR) is 98.9 cm³/mol. The molecule has 0 saturated carbocycles. The molecule has 0 aromatic heterocycles. The quantitative estimate of drug-likeness (QED) is 0.921.